The maximum absolute atomic E-state index is 13.7. The fourth-order valence-corrected chi connectivity index (χ4v) is 4.75. The maximum atomic E-state index is 13.7. The zero-order chi connectivity index (χ0) is 23.6. The largest absolute Gasteiger partial charge is 0.490 e. The number of likely N-dealkylation sites (tertiary alicyclic amines) is 1. The Morgan fingerprint density at radius 3 is 2.73 bits per heavy atom. The highest BCUT2D eigenvalue weighted by atomic mass is 32.1. The minimum atomic E-state index is -5.08. The third-order valence-corrected chi connectivity index (χ3v) is 6.37. The first-order chi connectivity index (χ1) is 15.7. The Hall–Kier alpha value is -2.76. The molecule has 1 unspecified atom stereocenters. The molecule has 5 rings (SSSR count). The molecule has 176 valence electrons. The molecule has 11 heteroatoms. The summed E-state index contributed by atoms with van der Waals surface area (Å²) >= 11 is 1.74. The van der Waals surface area contributed by atoms with Crippen molar-refractivity contribution in [1.82, 2.24) is 14.5 Å². The molecule has 0 radical (unpaired) electrons. The normalized spacial score (nSPS) is 20.4. The molecule has 0 amide bonds. The van der Waals surface area contributed by atoms with E-state index in [0.717, 1.165) is 49.7 Å². The van der Waals surface area contributed by atoms with Crippen LogP contribution in [0, 0.1) is 5.82 Å². The van der Waals surface area contributed by atoms with Crippen LogP contribution in [0.25, 0.3) is 11.3 Å². The van der Waals surface area contributed by atoms with Crippen LogP contribution in [0.2, 0.25) is 0 Å². The smallest absolute Gasteiger partial charge is 0.475 e. The van der Waals surface area contributed by atoms with Crippen LogP contribution in [0.15, 0.2) is 47.3 Å². The van der Waals surface area contributed by atoms with E-state index in [1.807, 2.05) is 12.3 Å². The monoisotopic (exact) mass is 483 g/mol. The number of imidazole rings is 1. The lowest BCUT2D eigenvalue weighted by Gasteiger charge is -2.35. The summed E-state index contributed by atoms with van der Waals surface area (Å²) in [6.45, 7) is 4.22. The molecule has 0 saturated carbocycles. The highest BCUT2D eigenvalue weighted by molar-refractivity contribution is 7.07. The Balaban J connectivity index is 0.000000325. The molecule has 1 aromatic carbocycles. The first-order valence-electron chi connectivity index (χ1n) is 10.1. The number of carboxylic acid groups (broad SMARTS) is 1. The number of rotatable bonds is 3. The molecule has 2 aromatic heterocycles. The Morgan fingerprint density at radius 1 is 1.27 bits per heavy atom. The van der Waals surface area contributed by atoms with Gasteiger partial charge in [0.05, 0.1) is 18.4 Å². The molecule has 0 aliphatic carbocycles. The topological polar surface area (TPSA) is 67.6 Å². The van der Waals surface area contributed by atoms with Gasteiger partial charge in [0.25, 0.3) is 0 Å². The molecule has 1 N–H and O–H groups in total. The number of thiophene rings is 1. The van der Waals surface area contributed by atoms with E-state index in [0.29, 0.717) is 6.61 Å². The SMILES string of the molecule is Fc1cccc(-c2cnc3n2CC2(CCN(Cc4ccsc4)C2)OC3)c1.O=C(O)C(F)(F)F. The summed E-state index contributed by atoms with van der Waals surface area (Å²) in [4.78, 5) is 15.9. The second-order valence-electron chi connectivity index (χ2n) is 8.02. The predicted octanol–water partition coefficient (Wildman–Crippen LogP) is 4.56. The van der Waals surface area contributed by atoms with Gasteiger partial charge in [0.2, 0.25) is 0 Å². The van der Waals surface area contributed by atoms with E-state index < -0.39 is 12.1 Å². The standard InChI is InChI=1S/C20H20FN3OS.C2HF3O2/c21-17-3-1-2-16(8-17)18-9-22-19-11-25-20(14-24(18)19)5-6-23(13-20)10-15-4-7-26-12-15;3-2(4,5)1(6)7/h1-4,7-9,12H,5-6,10-11,13-14H2;(H,6,7). The molecule has 0 bridgehead atoms. The van der Waals surface area contributed by atoms with Crippen molar-refractivity contribution in [3.05, 3.63) is 64.5 Å². The number of fused-ring (bicyclic) bond motifs is 1. The van der Waals surface area contributed by atoms with Crippen molar-refractivity contribution in [2.75, 3.05) is 13.1 Å². The molecule has 33 heavy (non-hydrogen) atoms. The van der Waals surface area contributed by atoms with Gasteiger partial charge in [-0.2, -0.15) is 24.5 Å². The van der Waals surface area contributed by atoms with Crippen LogP contribution in [0.1, 0.15) is 17.8 Å². The molecule has 2 aliphatic rings. The first-order valence-corrected chi connectivity index (χ1v) is 11.1. The van der Waals surface area contributed by atoms with Crippen molar-refractivity contribution >= 4 is 17.3 Å². The van der Waals surface area contributed by atoms with Gasteiger partial charge in [0.1, 0.15) is 23.8 Å². The van der Waals surface area contributed by atoms with E-state index in [-0.39, 0.29) is 11.4 Å². The van der Waals surface area contributed by atoms with Crippen molar-refractivity contribution < 1.29 is 32.2 Å². The van der Waals surface area contributed by atoms with Crippen LogP contribution < -0.4 is 0 Å². The fourth-order valence-electron chi connectivity index (χ4n) is 4.09. The molecule has 3 aromatic rings. The minimum Gasteiger partial charge on any atom is -0.475 e. The van der Waals surface area contributed by atoms with Crippen LogP contribution in [0.4, 0.5) is 17.6 Å². The summed E-state index contributed by atoms with van der Waals surface area (Å²) in [6, 6.07) is 8.92. The van der Waals surface area contributed by atoms with E-state index in [1.54, 1.807) is 23.5 Å². The second-order valence-corrected chi connectivity index (χ2v) is 8.80. The number of ether oxygens (including phenoxy) is 1. The van der Waals surface area contributed by atoms with Gasteiger partial charge < -0.3 is 14.4 Å². The van der Waals surface area contributed by atoms with Crippen LogP contribution in [-0.2, 0) is 29.2 Å². The Morgan fingerprint density at radius 2 is 2.06 bits per heavy atom. The lowest BCUT2D eigenvalue weighted by molar-refractivity contribution is -0.192. The number of halogens is 4. The van der Waals surface area contributed by atoms with Gasteiger partial charge in [-0.25, -0.2) is 14.2 Å². The zero-order valence-corrected chi connectivity index (χ0v) is 18.2. The lowest BCUT2D eigenvalue weighted by Crippen LogP contribution is -2.44. The second kappa shape index (κ2) is 9.24. The number of alkyl halides is 3. The number of carboxylic acids is 1. The summed E-state index contributed by atoms with van der Waals surface area (Å²) in [7, 11) is 0. The van der Waals surface area contributed by atoms with E-state index in [9.17, 15) is 17.6 Å². The number of aliphatic carboxylic acids is 1. The quantitative estimate of drug-likeness (QED) is 0.554. The molecular formula is C22H21F4N3O3S. The fraction of sp³-hybridized carbons (Fsp3) is 0.364. The van der Waals surface area contributed by atoms with E-state index in [4.69, 9.17) is 14.6 Å². The molecule has 1 spiro atoms. The Kier molecular flexibility index (Phi) is 6.55. The third-order valence-electron chi connectivity index (χ3n) is 5.64. The van der Waals surface area contributed by atoms with Crippen LogP contribution >= 0.6 is 11.3 Å². The van der Waals surface area contributed by atoms with Crippen molar-refractivity contribution in [3.8, 4) is 11.3 Å². The van der Waals surface area contributed by atoms with Crippen molar-refractivity contribution in [3.63, 3.8) is 0 Å². The highest BCUT2D eigenvalue weighted by Crippen LogP contribution is 2.35. The minimum absolute atomic E-state index is 0.175. The van der Waals surface area contributed by atoms with Gasteiger partial charge in [0, 0.05) is 25.2 Å². The average molecular weight is 483 g/mol. The number of carbonyl (C=O) groups is 1. The summed E-state index contributed by atoms with van der Waals surface area (Å²) in [5.74, 6) is -2.05. The molecule has 4 heterocycles. The van der Waals surface area contributed by atoms with Gasteiger partial charge in [-0.15, -0.1) is 0 Å². The summed E-state index contributed by atoms with van der Waals surface area (Å²) in [5, 5.41) is 11.5. The van der Waals surface area contributed by atoms with Gasteiger partial charge in [-0.05, 0) is 40.9 Å². The van der Waals surface area contributed by atoms with Crippen LogP contribution in [-0.4, -0.2) is 50.4 Å². The lowest BCUT2D eigenvalue weighted by atomic mass is 10.0. The molecule has 6 nitrogen and oxygen atoms in total. The van der Waals surface area contributed by atoms with Gasteiger partial charge in [-0.1, -0.05) is 12.1 Å². The average Bonchev–Trinajstić information content (AvgIpc) is 3.49. The Bertz CT molecular complexity index is 1120. The van der Waals surface area contributed by atoms with E-state index in [1.165, 1.54) is 11.6 Å². The number of hydrogen-bond acceptors (Lipinski definition) is 5. The van der Waals surface area contributed by atoms with Gasteiger partial charge >= 0.3 is 12.1 Å². The summed E-state index contributed by atoms with van der Waals surface area (Å²) in [5.41, 5.74) is 3.03. The van der Waals surface area contributed by atoms with Gasteiger partial charge in [-0.3, -0.25) is 4.90 Å². The molecule has 1 saturated heterocycles. The number of aromatic nitrogens is 2. The highest BCUT2D eigenvalue weighted by Gasteiger charge is 2.43. The predicted molar refractivity (Wildman–Crippen MR) is 113 cm³/mol. The van der Waals surface area contributed by atoms with Crippen molar-refractivity contribution in [1.29, 1.82) is 0 Å². The van der Waals surface area contributed by atoms with E-state index >= 15 is 0 Å². The van der Waals surface area contributed by atoms with Crippen LogP contribution in [0.5, 0.6) is 0 Å². The Labute approximate surface area is 191 Å². The summed E-state index contributed by atoms with van der Waals surface area (Å²) in [6.07, 6.45) is -2.23. The van der Waals surface area contributed by atoms with Gasteiger partial charge in [0.15, 0.2) is 0 Å². The zero-order valence-electron chi connectivity index (χ0n) is 17.4. The first kappa shape index (κ1) is 23.4. The van der Waals surface area contributed by atoms with Crippen molar-refractivity contribution in [2.24, 2.45) is 0 Å². The molecule has 2 aliphatic heterocycles. The van der Waals surface area contributed by atoms with E-state index in [2.05, 4.69) is 31.3 Å². The van der Waals surface area contributed by atoms with Crippen molar-refractivity contribution in [2.45, 2.75) is 37.9 Å². The molecule has 1 fully saturated rings. The number of nitrogens with zero attached hydrogens (tertiary/aromatic N) is 3. The maximum Gasteiger partial charge on any atom is 0.490 e. The molecular weight excluding hydrogens is 462 g/mol. The number of benzene rings is 1. The summed E-state index contributed by atoms with van der Waals surface area (Å²) < 4.78 is 53.9. The number of hydrogen-bond donors (Lipinski definition) is 1. The van der Waals surface area contributed by atoms with Crippen LogP contribution in [0.3, 0.4) is 0 Å². The third kappa shape index (κ3) is 5.43. The molecule has 1 atom stereocenters.